The molecule has 0 atom stereocenters. The van der Waals surface area contributed by atoms with E-state index in [0.29, 0.717) is 12.3 Å². The lowest BCUT2D eigenvalue weighted by Gasteiger charge is -2.05. The van der Waals surface area contributed by atoms with Crippen LogP contribution in [-0.2, 0) is 6.42 Å². The van der Waals surface area contributed by atoms with Crippen LogP contribution in [0.2, 0.25) is 0 Å². The van der Waals surface area contributed by atoms with Crippen molar-refractivity contribution in [2.45, 2.75) is 26.2 Å². The molecule has 86 valence electrons. The van der Waals surface area contributed by atoms with Crippen molar-refractivity contribution in [3.05, 3.63) is 41.7 Å². The van der Waals surface area contributed by atoms with Crippen LogP contribution in [0.25, 0.3) is 11.4 Å². The standard InChI is InChI=1S/C14H15N3/c1-10(2)11-3-5-12(6-4-11)14-16-9-13(17-14)7-8-15/h3-6,9-10H,7H2,1-2H3,(H,16,17). The number of aromatic amines is 1. The molecule has 0 aliphatic heterocycles. The molecule has 1 aromatic carbocycles. The van der Waals surface area contributed by atoms with Gasteiger partial charge in [0.25, 0.3) is 0 Å². The van der Waals surface area contributed by atoms with E-state index in [1.54, 1.807) is 6.20 Å². The van der Waals surface area contributed by atoms with Crippen LogP contribution >= 0.6 is 0 Å². The molecule has 17 heavy (non-hydrogen) atoms. The highest BCUT2D eigenvalue weighted by Crippen LogP contribution is 2.20. The molecule has 1 heterocycles. The Morgan fingerprint density at radius 2 is 2.00 bits per heavy atom. The molecule has 3 nitrogen and oxygen atoms in total. The highest BCUT2D eigenvalue weighted by atomic mass is 14.9. The fourth-order valence-electron chi connectivity index (χ4n) is 1.71. The van der Waals surface area contributed by atoms with Crippen LogP contribution in [0.5, 0.6) is 0 Å². The summed E-state index contributed by atoms with van der Waals surface area (Å²) in [5, 5.41) is 8.60. The van der Waals surface area contributed by atoms with E-state index in [2.05, 4.69) is 54.2 Å². The van der Waals surface area contributed by atoms with E-state index in [9.17, 15) is 0 Å². The first kappa shape index (κ1) is 11.4. The summed E-state index contributed by atoms with van der Waals surface area (Å²) < 4.78 is 0. The first-order valence-corrected chi connectivity index (χ1v) is 5.72. The van der Waals surface area contributed by atoms with Gasteiger partial charge in [0.1, 0.15) is 5.82 Å². The van der Waals surface area contributed by atoms with Crippen LogP contribution in [0.4, 0.5) is 0 Å². The number of nitriles is 1. The van der Waals surface area contributed by atoms with Crippen molar-refractivity contribution in [2.75, 3.05) is 0 Å². The third-order valence-electron chi connectivity index (χ3n) is 2.75. The Kier molecular flexibility index (Phi) is 3.24. The number of H-pyrrole nitrogens is 1. The minimum Gasteiger partial charge on any atom is -0.341 e. The van der Waals surface area contributed by atoms with Gasteiger partial charge in [-0.25, -0.2) is 4.98 Å². The molecular formula is C14H15N3. The van der Waals surface area contributed by atoms with Crippen LogP contribution in [0.15, 0.2) is 30.5 Å². The molecule has 2 aromatic rings. The van der Waals surface area contributed by atoms with Crippen LogP contribution in [0.3, 0.4) is 0 Å². The smallest absolute Gasteiger partial charge is 0.137 e. The van der Waals surface area contributed by atoms with Gasteiger partial charge in [0.15, 0.2) is 0 Å². The maximum absolute atomic E-state index is 8.60. The molecule has 0 unspecified atom stereocenters. The zero-order valence-corrected chi connectivity index (χ0v) is 10.1. The third-order valence-corrected chi connectivity index (χ3v) is 2.75. The second-order valence-corrected chi connectivity index (χ2v) is 4.37. The van der Waals surface area contributed by atoms with E-state index in [1.807, 2.05) is 0 Å². The number of aromatic nitrogens is 2. The summed E-state index contributed by atoms with van der Waals surface area (Å²) in [6.45, 7) is 4.35. The maximum atomic E-state index is 8.60. The lowest BCUT2D eigenvalue weighted by atomic mass is 10.0. The number of nitrogens with one attached hydrogen (secondary N) is 1. The highest BCUT2D eigenvalue weighted by Gasteiger charge is 2.04. The largest absolute Gasteiger partial charge is 0.341 e. The van der Waals surface area contributed by atoms with Crippen molar-refractivity contribution in [3.63, 3.8) is 0 Å². The van der Waals surface area contributed by atoms with Crippen molar-refractivity contribution in [1.29, 1.82) is 5.26 Å². The molecule has 0 saturated heterocycles. The lowest BCUT2D eigenvalue weighted by Crippen LogP contribution is -1.88. The van der Waals surface area contributed by atoms with Gasteiger partial charge in [-0.3, -0.25) is 0 Å². The van der Waals surface area contributed by atoms with E-state index >= 15 is 0 Å². The minimum absolute atomic E-state index is 0.372. The van der Waals surface area contributed by atoms with Crippen molar-refractivity contribution in [3.8, 4) is 17.5 Å². The van der Waals surface area contributed by atoms with Gasteiger partial charge >= 0.3 is 0 Å². The highest BCUT2D eigenvalue weighted by molar-refractivity contribution is 5.55. The van der Waals surface area contributed by atoms with Crippen LogP contribution in [0, 0.1) is 11.3 Å². The molecule has 2 rings (SSSR count). The SMILES string of the molecule is CC(C)c1ccc(-c2ncc(CC#N)[nH]2)cc1. The summed E-state index contributed by atoms with van der Waals surface area (Å²) in [6, 6.07) is 10.5. The van der Waals surface area contributed by atoms with Crippen molar-refractivity contribution < 1.29 is 0 Å². The zero-order valence-electron chi connectivity index (χ0n) is 10.1. The van der Waals surface area contributed by atoms with Crippen molar-refractivity contribution >= 4 is 0 Å². The molecule has 3 heteroatoms. The monoisotopic (exact) mass is 225 g/mol. The van der Waals surface area contributed by atoms with Gasteiger partial charge in [-0.1, -0.05) is 38.1 Å². The summed E-state index contributed by atoms with van der Waals surface area (Å²) in [6.07, 6.45) is 2.09. The molecule has 1 N–H and O–H groups in total. The van der Waals surface area contributed by atoms with Gasteiger partial charge in [0.2, 0.25) is 0 Å². The minimum atomic E-state index is 0.372. The number of hydrogen-bond donors (Lipinski definition) is 1. The number of hydrogen-bond acceptors (Lipinski definition) is 2. The van der Waals surface area contributed by atoms with E-state index < -0.39 is 0 Å². The number of rotatable bonds is 3. The Morgan fingerprint density at radius 3 is 2.59 bits per heavy atom. The Hall–Kier alpha value is -2.08. The third kappa shape index (κ3) is 2.54. The number of benzene rings is 1. The van der Waals surface area contributed by atoms with E-state index in [-0.39, 0.29) is 0 Å². The summed E-state index contributed by atoms with van der Waals surface area (Å²) >= 11 is 0. The Bertz CT molecular complexity index is 529. The van der Waals surface area contributed by atoms with Crippen molar-refractivity contribution in [1.82, 2.24) is 9.97 Å². The normalized spacial score (nSPS) is 10.5. The summed E-state index contributed by atoms with van der Waals surface area (Å²) in [4.78, 5) is 7.42. The van der Waals surface area contributed by atoms with E-state index in [4.69, 9.17) is 5.26 Å². The molecule has 0 aliphatic carbocycles. The summed E-state index contributed by atoms with van der Waals surface area (Å²) in [5.41, 5.74) is 3.23. The average Bonchev–Trinajstić information content (AvgIpc) is 2.78. The lowest BCUT2D eigenvalue weighted by molar-refractivity contribution is 0.867. The summed E-state index contributed by atoms with van der Waals surface area (Å²) in [5.74, 6) is 1.36. The van der Waals surface area contributed by atoms with Crippen LogP contribution in [-0.4, -0.2) is 9.97 Å². The molecule has 0 fully saturated rings. The second kappa shape index (κ2) is 4.84. The molecule has 0 bridgehead atoms. The Labute approximate surface area is 101 Å². The van der Waals surface area contributed by atoms with Gasteiger partial charge in [-0.15, -0.1) is 0 Å². The first-order chi connectivity index (χ1) is 8.20. The van der Waals surface area contributed by atoms with Crippen LogP contribution in [0.1, 0.15) is 31.0 Å². The number of nitrogens with zero attached hydrogens (tertiary/aromatic N) is 2. The fraction of sp³-hybridized carbons (Fsp3) is 0.286. The zero-order chi connectivity index (χ0) is 12.3. The van der Waals surface area contributed by atoms with Crippen molar-refractivity contribution in [2.24, 2.45) is 0 Å². The van der Waals surface area contributed by atoms with Gasteiger partial charge < -0.3 is 4.98 Å². The molecule has 0 spiro atoms. The predicted molar refractivity (Wildman–Crippen MR) is 67.4 cm³/mol. The van der Waals surface area contributed by atoms with Gasteiger partial charge in [-0.05, 0) is 11.5 Å². The molecule has 0 radical (unpaired) electrons. The molecular weight excluding hydrogens is 210 g/mol. The first-order valence-electron chi connectivity index (χ1n) is 5.72. The summed E-state index contributed by atoms with van der Waals surface area (Å²) in [7, 11) is 0. The topological polar surface area (TPSA) is 52.5 Å². The quantitative estimate of drug-likeness (QED) is 0.871. The molecule has 0 saturated carbocycles. The van der Waals surface area contributed by atoms with Crippen LogP contribution < -0.4 is 0 Å². The average molecular weight is 225 g/mol. The fourth-order valence-corrected chi connectivity index (χ4v) is 1.71. The molecule has 0 amide bonds. The van der Waals surface area contributed by atoms with E-state index in [0.717, 1.165) is 17.1 Å². The van der Waals surface area contributed by atoms with Gasteiger partial charge in [0, 0.05) is 17.5 Å². The van der Waals surface area contributed by atoms with Gasteiger partial charge in [0.05, 0.1) is 12.5 Å². The predicted octanol–water partition coefficient (Wildman–Crippen LogP) is 3.27. The Balaban J connectivity index is 2.24. The van der Waals surface area contributed by atoms with Gasteiger partial charge in [-0.2, -0.15) is 5.26 Å². The number of imidazole rings is 1. The second-order valence-electron chi connectivity index (χ2n) is 4.37. The Morgan fingerprint density at radius 1 is 1.29 bits per heavy atom. The maximum Gasteiger partial charge on any atom is 0.137 e. The molecule has 1 aromatic heterocycles. The van der Waals surface area contributed by atoms with E-state index in [1.165, 1.54) is 5.56 Å². The molecule has 0 aliphatic rings.